The van der Waals surface area contributed by atoms with Crippen LogP contribution in [0.5, 0.6) is 0 Å². The van der Waals surface area contributed by atoms with Crippen LogP contribution >= 0.6 is 38.1 Å². The van der Waals surface area contributed by atoms with Crippen molar-refractivity contribution in [2.24, 2.45) is 0 Å². The van der Waals surface area contributed by atoms with Crippen LogP contribution in [0.25, 0.3) is 22.3 Å². The minimum atomic E-state index is -4.40. The molecule has 0 saturated carbocycles. The zero-order chi connectivity index (χ0) is 31.0. The van der Waals surface area contributed by atoms with Gasteiger partial charge in [-0.15, -0.1) is 0 Å². The molecular formula is C20H22F2N9O9P2S2+. The lowest BCUT2D eigenvalue weighted by Gasteiger charge is -2.28. The van der Waals surface area contributed by atoms with E-state index in [-0.39, 0.29) is 28.1 Å². The molecule has 4 aromatic heterocycles. The quantitative estimate of drug-likeness (QED) is 0.113. The largest absolute Gasteiger partial charge is 0.386 e. The van der Waals surface area contributed by atoms with E-state index in [1.54, 1.807) is 0 Å². The lowest BCUT2D eigenvalue weighted by atomic mass is 10.1. The Bertz CT molecular complexity index is 1900. The standard InChI is InChI=1S/C20H21F2N9O9P2S2/c21-9-13-7(37-19(9)30-5-28-11-15(23)24-3-25-16(11)30)1-35-42(34,44)40-14-8(2-36-41(33,43)39-13)38-20(10(14)22)31-6-29-12-17(31)26-4-27-18(12)32/h3-10,13-14,19-20H,1-2H2,(H5,23,24,25,26,27,32,33,34,43,44)/p+1/t7-,8-,9-,10-,13-,14-,19-,20-,41?,42?/m1/s1. The van der Waals surface area contributed by atoms with Crippen LogP contribution in [-0.4, -0.2) is 84.4 Å². The minimum absolute atomic E-state index is 0.0352. The zero-order valence-corrected chi connectivity index (χ0v) is 25.4. The van der Waals surface area contributed by atoms with Crippen LogP contribution in [0.3, 0.4) is 0 Å². The first-order valence-corrected chi connectivity index (χ1v) is 18.1. The minimum Gasteiger partial charge on any atom is -0.382 e. The number of nitrogens with two attached hydrogens (primary N) is 1. The Kier molecular flexibility index (Phi) is 7.59. The number of fused-ring (bicyclic) bond motifs is 4. The normalized spacial score (nSPS) is 38.3. The number of nitrogens with zero attached hydrogens (tertiary/aromatic N) is 6. The molecule has 2 unspecified atom stereocenters. The van der Waals surface area contributed by atoms with Gasteiger partial charge in [0.1, 0.15) is 36.3 Å². The Morgan fingerprint density at radius 2 is 1.66 bits per heavy atom. The van der Waals surface area contributed by atoms with Crippen molar-refractivity contribution in [3.05, 3.63) is 35.7 Å². The van der Waals surface area contributed by atoms with E-state index in [2.05, 4.69) is 54.4 Å². The number of anilines is 1. The molecule has 7 heterocycles. The number of ether oxygens (including phenoxy) is 2. The lowest BCUT2D eigenvalue weighted by molar-refractivity contribution is -0.743. The summed E-state index contributed by atoms with van der Waals surface area (Å²) in [5, 5.41) is 0. The number of rotatable bonds is 2. The predicted molar refractivity (Wildman–Crippen MR) is 149 cm³/mol. The molecule has 3 fully saturated rings. The molecular weight excluding hydrogens is 674 g/mol. The Morgan fingerprint density at radius 1 is 0.977 bits per heavy atom. The molecule has 3 aliphatic rings. The molecule has 0 radical (unpaired) electrons. The Morgan fingerprint density at radius 3 is 2.39 bits per heavy atom. The fourth-order valence-corrected chi connectivity index (χ4v) is 8.19. The topological polar surface area (TPSA) is 225 Å². The van der Waals surface area contributed by atoms with E-state index < -0.39 is 81.6 Å². The highest BCUT2D eigenvalue weighted by molar-refractivity contribution is 8.44. The van der Waals surface area contributed by atoms with Gasteiger partial charge in [0.05, 0.1) is 19.5 Å². The number of thiol groups is 2. The van der Waals surface area contributed by atoms with Crippen molar-refractivity contribution in [1.82, 2.24) is 34.5 Å². The van der Waals surface area contributed by atoms with E-state index in [1.165, 1.54) is 21.8 Å². The number of hydrogen-bond acceptors (Lipinski definition) is 14. The van der Waals surface area contributed by atoms with Crippen LogP contribution in [-0.2, 0) is 36.7 Å². The summed E-state index contributed by atoms with van der Waals surface area (Å²) in [6.45, 7) is -10.1. The molecule has 236 valence electrons. The van der Waals surface area contributed by atoms with Gasteiger partial charge < -0.3 is 15.2 Å². The summed E-state index contributed by atoms with van der Waals surface area (Å²) in [6.07, 6.45) is -8.30. The maximum absolute atomic E-state index is 15.9. The molecule has 0 spiro atoms. The summed E-state index contributed by atoms with van der Waals surface area (Å²) in [6, 6.07) is 0. The van der Waals surface area contributed by atoms with Gasteiger partial charge in [-0.25, -0.2) is 37.4 Å². The highest BCUT2D eigenvalue weighted by atomic mass is 32.7. The van der Waals surface area contributed by atoms with Crippen molar-refractivity contribution in [3.8, 4) is 0 Å². The van der Waals surface area contributed by atoms with Gasteiger partial charge >= 0.3 is 19.2 Å². The molecule has 4 aromatic rings. The van der Waals surface area contributed by atoms with E-state index in [0.29, 0.717) is 0 Å². The first-order chi connectivity index (χ1) is 20.9. The van der Waals surface area contributed by atoms with Gasteiger partial charge in [0.25, 0.3) is 5.56 Å². The third-order valence-corrected chi connectivity index (χ3v) is 10.4. The molecule has 0 bridgehead atoms. The number of nitrogens with one attached hydrogen (secondary N) is 2. The maximum atomic E-state index is 15.9. The van der Waals surface area contributed by atoms with Gasteiger partial charge in [-0.2, -0.15) is 0 Å². The molecule has 24 heteroatoms. The number of aromatic amines is 2. The number of H-pyrrole nitrogens is 2. The fraction of sp³-hybridized carbons (Fsp3) is 0.500. The van der Waals surface area contributed by atoms with Crippen LogP contribution < -0.4 is 15.9 Å². The van der Waals surface area contributed by atoms with Gasteiger partial charge in [0.2, 0.25) is 11.7 Å². The molecule has 4 N–H and O–H groups in total. The Hall–Kier alpha value is -2.52. The van der Waals surface area contributed by atoms with Gasteiger partial charge in [-0.05, 0) is 0 Å². The highest BCUT2D eigenvalue weighted by Gasteiger charge is 2.55. The van der Waals surface area contributed by atoms with E-state index in [4.69, 9.17) is 33.3 Å². The molecule has 3 saturated heterocycles. The number of alkyl halides is 2. The first kappa shape index (κ1) is 30.2. The molecule has 3 aliphatic heterocycles. The summed E-state index contributed by atoms with van der Waals surface area (Å²) in [7, 11) is 0. The fourth-order valence-electron chi connectivity index (χ4n) is 5.22. The third kappa shape index (κ3) is 5.25. The molecule has 0 aliphatic carbocycles. The van der Waals surface area contributed by atoms with E-state index >= 15 is 8.78 Å². The van der Waals surface area contributed by atoms with Crippen molar-refractivity contribution >= 4 is 66.2 Å². The SMILES string of the molecule is Nc1ncnc2c1ncn2[C@@H]1O[C@@H]2COP(=O)(S)O[C@H]3[C@@H](F)[C@H]([n+]4c[nH]c5c(=O)[nH]cnc54)O[C@@H]3COP(=O)(S)O[C@H]2[C@H]1F. The second kappa shape index (κ2) is 11.1. The van der Waals surface area contributed by atoms with Crippen molar-refractivity contribution in [2.45, 2.75) is 49.2 Å². The zero-order valence-electron chi connectivity index (χ0n) is 21.8. The van der Waals surface area contributed by atoms with Crippen molar-refractivity contribution in [2.75, 3.05) is 18.9 Å². The lowest BCUT2D eigenvalue weighted by Crippen LogP contribution is -2.44. The summed E-state index contributed by atoms with van der Waals surface area (Å²) >= 11 is 7.96. The molecule has 7 rings (SSSR count). The average Bonchev–Trinajstić information content (AvgIpc) is 3.73. The summed E-state index contributed by atoms with van der Waals surface area (Å²) in [4.78, 5) is 33.2. The highest BCUT2D eigenvalue weighted by Crippen LogP contribution is 2.60. The second-order valence-electron chi connectivity index (χ2n) is 9.88. The summed E-state index contributed by atoms with van der Waals surface area (Å²) in [5.74, 6) is 0.0452. The van der Waals surface area contributed by atoms with Gasteiger partial charge in [-0.3, -0.25) is 37.4 Å². The second-order valence-corrected chi connectivity index (χ2v) is 15.6. The summed E-state index contributed by atoms with van der Waals surface area (Å²) < 4.78 is 94.2. The number of imidazole rings is 2. The summed E-state index contributed by atoms with van der Waals surface area (Å²) in [5.41, 5.74) is 5.70. The maximum Gasteiger partial charge on any atom is 0.386 e. The number of nitrogen functional groups attached to an aromatic ring is 1. The van der Waals surface area contributed by atoms with Crippen molar-refractivity contribution < 1.29 is 50.0 Å². The van der Waals surface area contributed by atoms with Crippen LogP contribution in [0.4, 0.5) is 14.6 Å². The predicted octanol–water partition coefficient (Wildman–Crippen LogP) is 1.32. The van der Waals surface area contributed by atoms with E-state index in [9.17, 15) is 13.9 Å². The Balaban J connectivity index is 1.17. The number of hydrogen-bond donors (Lipinski definition) is 5. The number of halogens is 2. The van der Waals surface area contributed by atoms with Gasteiger partial charge in [0.15, 0.2) is 42.7 Å². The average molecular weight is 697 g/mol. The van der Waals surface area contributed by atoms with Crippen LogP contribution in [0.15, 0.2) is 30.1 Å². The van der Waals surface area contributed by atoms with Crippen molar-refractivity contribution in [3.63, 3.8) is 0 Å². The van der Waals surface area contributed by atoms with Crippen LogP contribution in [0, 0.1) is 0 Å². The third-order valence-electron chi connectivity index (χ3n) is 7.21. The molecule has 18 nitrogen and oxygen atoms in total. The van der Waals surface area contributed by atoms with Gasteiger partial charge in [0, 0.05) is 0 Å². The smallest absolute Gasteiger partial charge is 0.382 e. The van der Waals surface area contributed by atoms with Gasteiger partial charge in [-0.1, -0.05) is 29.5 Å². The monoisotopic (exact) mass is 696 g/mol. The van der Waals surface area contributed by atoms with Crippen LogP contribution in [0.2, 0.25) is 0 Å². The van der Waals surface area contributed by atoms with E-state index in [1.807, 2.05) is 0 Å². The van der Waals surface area contributed by atoms with E-state index in [0.717, 1.165) is 12.7 Å². The number of aromatic nitrogens is 8. The van der Waals surface area contributed by atoms with Crippen LogP contribution in [0.1, 0.15) is 12.5 Å². The Labute approximate surface area is 254 Å². The molecule has 44 heavy (non-hydrogen) atoms. The molecule has 10 atom stereocenters. The first-order valence-electron chi connectivity index (χ1n) is 12.7. The van der Waals surface area contributed by atoms with Crippen molar-refractivity contribution in [1.29, 1.82) is 0 Å². The molecule has 0 aromatic carbocycles. The molecule has 0 amide bonds.